The molecule has 0 amide bonds. The quantitative estimate of drug-likeness (QED) is 0.866. The SMILES string of the molecule is FC(F)(F)C[C@H](c1ccc(Oc2ccccc2)cc1)N1CCNCC1. The van der Waals surface area contributed by atoms with Crippen molar-refractivity contribution in [2.24, 2.45) is 0 Å². The molecule has 1 atom stereocenters. The number of alkyl halides is 3. The van der Waals surface area contributed by atoms with E-state index in [4.69, 9.17) is 4.74 Å². The summed E-state index contributed by atoms with van der Waals surface area (Å²) in [4.78, 5) is 1.90. The fourth-order valence-electron chi connectivity index (χ4n) is 3.05. The Balaban J connectivity index is 1.76. The van der Waals surface area contributed by atoms with Crippen LogP contribution in [0.2, 0.25) is 0 Å². The van der Waals surface area contributed by atoms with Crippen LogP contribution < -0.4 is 10.1 Å². The number of rotatable bonds is 5. The summed E-state index contributed by atoms with van der Waals surface area (Å²) in [6.45, 7) is 2.65. The highest BCUT2D eigenvalue weighted by Crippen LogP contribution is 2.35. The number of nitrogens with one attached hydrogen (secondary N) is 1. The molecule has 3 rings (SSSR count). The van der Waals surface area contributed by atoms with Gasteiger partial charge in [0.2, 0.25) is 0 Å². The molecule has 2 aromatic rings. The molecule has 1 saturated heterocycles. The van der Waals surface area contributed by atoms with Crippen LogP contribution in [0.1, 0.15) is 18.0 Å². The molecule has 3 nitrogen and oxygen atoms in total. The Morgan fingerprint density at radius 1 is 0.920 bits per heavy atom. The molecule has 0 aliphatic carbocycles. The molecular formula is C19H21F3N2O. The van der Waals surface area contributed by atoms with E-state index in [1.807, 2.05) is 35.2 Å². The number of benzene rings is 2. The molecule has 0 aromatic heterocycles. The van der Waals surface area contributed by atoms with E-state index in [0.717, 1.165) is 0 Å². The number of nitrogens with zero attached hydrogens (tertiary/aromatic N) is 1. The van der Waals surface area contributed by atoms with Crippen molar-refractivity contribution in [3.8, 4) is 11.5 Å². The predicted molar refractivity (Wildman–Crippen MR) is 90.8 cm³/mol. The van der Waals surface area contributed by atoms with E-state index >= 15 is 0 Å². The fourth-order valence-corrected chi connectivity index (χ4v) is 3.05. The second kappa shape index (κ2) is 7.89. The Hall–Kier alpha value is -2.05. The van der Waals surface area contributed by atoms with Gasteiger partial charge in [0, 0.05) is 32.2 Å². The Morgan fingerprint density at radius 2 is 1.52 bits per heavy atom. The average molecular weight is 350 g/mol. The van der Waals surface area contributed by atoms with E-state index in [9.17, 15) is 13.2 Å². The highest BCUT2D eigenvalue weighted by atomic mass is 19.4. The van der Waals surface area contributed by atoms with Gasteiger partial charge in [-0.15, -0.1) is 0 Å². The van der Waals surface area contributed by atoms with Gasteiger partial charge in [0.25, 0.3) is 0 Å². The Kier molecular flexibility index (Phi) is 5.60. The summed E-state index contributed by atoms with van der Waals surface area (Å²) in [6, 6.07) is 15.6. The van der Waals surface area contributed by atoms with E-state index in [0.29, 0.717) is 43.2 Å². The van der Waals surface area contributed by atoms with Crippen molar-refractivity contribution >= 4 is 0 Å². The standard InChI is InChI=1S/C19H21F3N2O/c20-19(21,22)14-18(24-12-10-23-11-13-24)15-6-8-17(9-7-15)25-16-4-2-1-3-5-16/h1-9,18,23H,10-14H2/t18-/m1/s1. The molecule has 1 fully saturated rings. The summed E-state index contributed by atoms with van der Waals surface area (Å²) in [5.41, 5.74) is 0.666. The maximum absolute atomic E-state index is 13.0. The maximum Gasteiger partial charge on any atom is 0.390 e. The molecule has 1 heterocycles. The minimum atomic E-state index is -4.20. The summed E-state index contributed by atoms with van der Waals surface area (Å²) >= 11 is 0. The van der Waals surface area contributed by atoms with Crippen LogP contribution in [0.25, 0.3) is 0 Å². The minimum Gasteiger partial charge on any atom is -0.457 e. The van der Waals surface area contributed by atoms with Crippen LogP contribution in [0.3, 0.4) is 0 Å². The highest BCUT2D eigenvalue weighted by molar-refractivity contribution is 5.34. The lowest BCUT2D eigenvalue weighted by atomic mass is 10.0. The lowest BCUT2D eigenvalue weighted by Crippen LogP contribution is -2.46. The second-order valence-corrected chi connectivity index (χ2v) is 6.11. The smallest absolute Gasteiger partial charge is 0.390 e. The van der Waals surface area contributed by atoms with Crippen molar-refractivity contribution in [3.05, 3.63) is 60.2 Å². The van der Waals surface area contributed by atoms with Crippen molar-refractivity contribution in [3.63, 3.8) is 0 Å². The molecule has 1 aliphatic heterocycles. The first-order chi connectivity index (χ1) is 12.0. The van der Waals surface area contributed by atoms with Crippen LogP contribution in [0.5, 0.6) is 11.5 Å². The Bertz CT molecular complexity index is 653. The number of hydrogen-bond donors (Lipinski definition) is 1. The summed E-state index contributed by atoms with van der Waals surface area (Å²) in [5.74, 6) is 1.31. The van der Waals surface area contributed by atoms with Crippen LogP contribution in [0, 0.1) is 0 Å². The minimum absolute atomic E-state index is 0.612. The number of hydrogen-bond acceptors (Lipinski definition) is 3. The lowest BCUT2D eigenvalue weighted by Gasteiger charge is -2.35. The van der Waals surface area contributed by atoms with Crippen LogP contribution in [-0.4, -0.2) is 37.3 Å². The third-order valence-electron chi connectivity index (χ3n) is 4.26. The maximum atomic E-state index is 13.0. The van der Waals surface area contributed by atoms with Gasteiger partial charge in [0.15, 0.2) is 0 Å². The van der Waals surface area contributed by atoms with E-state index in [2.05, 4.69) is 5.32 Å². The summed E-state index contributed by atoms with van der Waals surface area (Å²) < 4.78 is 44.9. The summed E-state index contributed by atoms with van der Waals surface area (Å²) in [5, 5.41) is 3.18. The molecule has 1 N–H and O–H groups in total. The monoisotopic (exact) mass is 350 g/mol. The van der Waals surface area contributed by atoms with Crippen LogP contribution in [0.4, 0.5) is 13.2 Å². The predicted octanol–water partition coefficient (Wildman–Crippen LogP) is 4.38. The van der Waals surface area contributed by atoms with Crippen molar-refractivity contribution in [1.82, 2.24) is 10.2 Å². The lowest BCUT2D eigenvalue weighted by molar-refractivity contribution is -0.148. The largest absolute Gasteiger partial charge is 0.457 e. The van der Waals surface area contributed by atoms with Crippen molar-refractivity contribution in [2.45, 2.75) is 18.6 Å². The number of halogens is 3. The van der Waals surface area contributed by atoms with Gasteiger partial charge in [-0.3, -0.25) is 4.90 Å². The number of para-hydroxylation sites is 1. The molecule has 25 heavy (non-hydrogen) atoms. The zero-order chi connectivity index (χ0) is 17.7. The van der Waals surface area contributed by atoms with Gasteiger partial charge in [-0.05, 0) is 29.8 Å². The van der Waals surface area contributed by atoms with Crippen molar-refractivity contribution in [1.29, 1.82) is 0 Å². The van der Waals surface area contributed by atoms with Gasteiger partial charge in [-0.1, -0.05) is 30.3 Å². The van der Waals surface area contributed by atoms with Crippen molar-refractivity contribution in [2.75, 3.05) is 26.2 Å². The zero-order valence-electron chi connectivity index (χ0n) is 13.8. The first-order valence-electron chi connectivity index (χ1n) is 8.36. The van der Waals surface area contributed by atoms with E-state index in [1.54, 1.807) is 24.3 Å². The molecule has 0 bridgehead atoms. The molecular weight excluding hydrogens is 329 g/mol. The normalized spacial score (nSPS) is 17.2. The zero-order valence-corrected chi connectivity index (χ0v) is 13.8. The first kappa shape index (κ1) is 17.8. The number of ether oxygens (including phenoxy) is 1. The Labute approximate surface area is 145 Å². The highest BCUT2D eigenvalue weighted by Gasteiger charge is 2.35. The molecule has 134 valence electrons. The third kappa shape index (κ3) is 5.21. The van der Waals surface area contributed by atoms with Crippen LogP contribution >= 0.6 is 0 Å². The first-order valence-corrected chi connectivity index (χ1v) is 8.36. The van der Waals surface area contributed by atoms with Gasteiger partial charge >= 0.3 is 6.18 Å². The third-order valence-corrected chi connectivity index (χ3v) is 4.26. The molecule has 2 aromatic carbocycles. The van der Waals surface area contributed by atoms with Crippen molar-refractivity contribution < 1.29 is 17.9 Å². The summed E-state index contributed by atoms with van der Waals surface area (Å²) in [6.07, 6.45) is -5.04. The summed E-state index contributed by atoms with van der Waals surface area (Å²) in [7, 11) is 0. The second-order valence-electron chi connectivity index (χ2n) is 6.11. The van der Waals surface area contributed by atoms with E-state index in [-0.39, 0.29) is 0 Å². The molecule has 0 unspecified atom stereocenters. The van der Waals surface area contributed by atoms with Gasteiger partial charge in [0.1, 0.15) is 11.5 Å². The molecule has 0 saturated carbocycles. The van der Waals surface area contributed by atoms with E-state index < -0.39 is 18.6 Å². The van der Waals surface area contributed by atoms with Crippen LogP contribution in [0.15, 0.2) is 54.6 Å². The van der Waals surface area contributed by atoms with Gasteiger partial charge < -0.3 is 10.1 Å². The van der Waals surface area contributed by atoms with Gasteiger partial charge in [0.05, 0.1) is 6.42 Å². The molecule has 0 spiro atoms. The van der Waals surface area contributed by atoms with Crippen LogP contribution in [-0.2, 0) is 0 Å². The molecule has 1 aliphatic rings. The molecule has 0 radical (unpaired) electrons. The topological polar surface area (TPSA) is 24.5 Å². The number of piperazine rings is 1. The molecule has 6 heteroatoms. The average Bonchev–Trinajstić information content (AvgIpc) is 2.61. The van der Waals surface area contributed by atoms with Gasteiger partial charge in [-0.25, -0.2) is 0 Å². The Morgan fingerprint density at radius 3 is 2.12 bits per heavy atom. The van der Waals surface area contributed by atoms with Gasteiger partial charge in [-0.2, -0.15) is 13.2 Å². The fraction of sp³-hybridized carbons (Fsp3) is 0.368. The van der Waals surface area contributed by atoms with E-state index in [1.165, 1.54) is 0 Å².